The number of hydrogen-bond donors (Lipinski definition) is 1. The lowest BCUT2D eigenvalue weighted by molar-refractivity contribution is -0.274. The van der Waals surface area contributed by atoms with Crippen molar-refractivity contribution in [1.82, 2.24) is 5.32 Å². The summed E-state index contributed by atoms with van der Waals surface area (Å²) in [5.41, 5.74) is 1.51. The Kier molecular flexibility index (Phi) is 3.78. The van der Waals surface area contributed by atoms with Crippen LogP contribution in [0.3, 0.4) is 0 Å². The molecule has 1 N–H and O–H groups in total. The normalized spacial score (nSPS) is 15.3. The third kappa shape index (κ3) is 3.15. The summed E-state index contributed by atoms with van der Waals surface area (Å²) in [5, 5.41) is 2.94. The van der Waals surface area contributed by atoms with Crippen molar-refractivity contribution in [2.45, 2.75) is 19.7 Å². The van der Waals surface area contributed by atoms with Gasteiger partial charge in [0, 0.05) is 38.0 Å². The first-order chi connectivity index (χ1) is 9.30. The Morgan fingerprint density at radius 3 is 2.55 bits per heavy atom. The number of alkyl halides is 3. The predicted octanol–water partition coefficient (Wildman–Crippen LogP) is 3.30. The van der Waals surface area contributed by atoms with Crippen molar-refractivity contribution in [3.63, 3.8) is 0 Å². The van der Waals surface area contributed by atoms with E-state index in [2.05, 4.69) is 10.1 Å². The van der Waals surface area contributed by atoms with E-state index in [9.17, 15) is 17.6 Å². The first kappa shape index (κ1) is 14.5. The smallest absolute Gasteiger partial charge is 0.403 e. The molecular formula is C13H14F4N2O. The van der Waals surface area contributed by atoms with E-state index in [0.717, 1.165) is 11.8 Å². The van der Waals surface area contributed by atoms with Crippen LogP contribution >= 0.6 is 0 Å². The Hall–Kier alpha value is -1.92. The predicted molar refractivity (Wildman–Crippen MR) is 66.9 cm³/mol. The van der Waals surface area contributed by atoms with Gasteiger partial charge in [-0.1, -0.05) is 0 Å². The molecule has 2 rings (SSSR count). The van der Waals surface area contributed by atoms with Gasteiger partial charge in [0.15, 0.2) is 5.75 Å². The van der Waals surface area contributed by atoms with Crippen LogP contribution in [0.1, 0.15) is 12.0 Å². The van der Waals surface area contributed by atoms with Crippen LogP contribution in [-0.4, -0.2) is 20.0 Å². The van der Waals surface area contributed by atoms with Gasteiger partial charge in [0.25, 0.3) is 0 Å². The van der Waals surface area contributed by atoms with Gasteiger partial charge in [-0.3, -0.25) is 0 Å². The molecule has 0 aromatic heterocycles. The van der Waals surface area contributed by atoms with E-state index in [1.165, 1.54) is 6.07 Å². The van der Waals surface area contributed by atoms with E-state index < -0.39 is 17.9 Å². The number of hydrogen-bond acceptors (Lipinski definition) is 3. The molecule has 1 aliphatic rings. The number of aryl methyl sites for hydroxylation is 1. The average molecular weight is 290 g/mol. The van der Waals surface area contributed by atoms with Gasteiger partial charge in [-0.05, 0) is 18.6 Å². The second kappa shape index (κ2) is 5.22. The van der Waals surface area contributed by atoms with Crippen LogP contribution < -0.4 is 15.0 Å². The van der Waals surface area contributed by atoms with Gasteiger partial charge in [-0.15, -0.1) is 13.2 Å². The van der Waals surface area contributed by atoms with E-state index in [-0.39, 0.29) is 5.69 Å². The lowest BCUT2D eigenvalue weighted by atomic mass is 10.1. The van der Waals surface area contributed by atoms with Crippen LogP contribution in [0.2, 0.25) is 0 Å². The maximum Gasteiger partial charge on any atom is 0.573 e. The topological polar surface area (TPSA) is 24.5 Å². The van der Waals surface area contributed by atoms with E-state index in [0.29, 0.717) is 18.5 Å². The molecule has 0 bridgehead atoms. The summed E-state index contributed by atoms with van der Waals surface area (Å²) in [6.07, 6.45) is -2.48. The Bertz CT molecular complexity index is 540. The molecule has 3 nitrogen and oxygen atoms in total. The van der Waals surface area contributed by atoms with E-state index >= 15 is 0 Å². The van der Waals surface area contributed by atoms with Gasteiger partial charge in [-0.25, -0.2) is 4.39 Å². The van der Waals surface area contributed by atoms with Gasteiger partial charge >= 0.3 is 6.36 Å². The molecule has 0 amide bonds. The summed E-state index contributed by atoms with van der Waals surface area (Å²) in [5.74, 6) is -1.29. The molecule has 0 unspecified atom stereocenters. The Balaban J connectivity index is 2.43. The maximum atomic E-state index is 13.3. The number of nitrogens with zero attached hydrogens (tertiary/aromatic N) is 1. The molecule has 1 aromatic carbocycles. The van der Waals surface area contributed by atoms with Crippen LogP contribution in [0, 0.1) is 12.7 Å². The number of nitrogens with one attached hydrogen (secondary N) is 1. The zero-order valence-electron chi connectivity index (χ0n) is 11.0. The number of anilines is 1. The second-order valence-corrected chi connectivity index (χ2v) is 4.46. The summed E-state index contributed by atoms with van der Waals surface area (Å²) < 4.78 is 54.5. The molecule has 1 heterocycles. The van der Waals surface area contributed by atoms with Gasteiger partial charge in [-0.2, -0.15) is 0 Å². The Labute approximate surface area is 113 Å². The van der Waals surface area contributed by atoms with Gasteiger partial charge in [0.2, 0.25) is 0 Å². The van der Waals surface area contributed by atoms with Crippen LogP contribution in [0.5, 0.6) is 5.75 Å². The van der Waals surface area contributed by atoms with Crippen molar-refractivity contribution < 1.29 is 22.3 Å². The third-order valence-electron chi connectivity index (χ3n) is 3.00. The fourth-order valence-electron chi connectivity index (χ4n) is 2.20. The number of rotatable bonds is 3. The minimum Gasteiger partial charge on any atom is -0.403 e. The quantitative estimate of drug-likeness (QED) is 0.864. The van der Waals surface area contributed by atoms with E-state index in [4.69, 9.17) is 0 Å². The van der Waals surface area contributed by atoms with Crippen LogP contribution in [0.25, 0.3) is 0 Å². The van der Waals surface area contributed by atoms with Gasteiger partial charge in [0.05, 0.1) is 5.69 Å². The molecule has 0 radical (unpaired) electrons. The highest BCUT2D eigenvalue weighted by Gasteiger charge is 2.34. The average Bonchev–Trinajstić information content (AvgIpc) is 2.74. The number of benzene rings is 1. The molecule has 7 heteroatoms. The molecule has 0 spiro atoms. The summed E-state index contributed by atoms with van der Waals surface area (Å²) in [6, 6.07) is 1.94. The SMILES string of the molecule is CNC1=CN(c2c(C)cc(F)cc2OC(F)(F)F)CC1. The number of ether oxygens (including phenoxy) is 1. The minimum absolute atomic E-state index is 0.231. The molecule has 0 saturated heterocycles. The molecule has 20 heavy (non-hydrogen) atoms. The van der Waals surface area contributed by atoms with Crippen molar-refractivity contribution >= 4 is 5.69 Å². The highest BCUT2D eigenvalue weighted by Crippen LogP contribution is 2.38. The maximum absolute atomic E-state index is 13.3. The van der Waals surface area contributed by atoms with Crippen molar-refractivity contribution in [2.24, 2.45) is 0 Å². The standard InChI is InChI=1S/C13H14F4N2O/c1-8-5-9(14)6-11(20-13(15,16)17)12(8)19-4-3-10(7-19)18-2/h5-7,18H,3-4H2,1-2H3. The molecule has 0 atom stereocenters. The first-order valence-electron chi connectivity index (χ1n) is 6.01. The third-order valence-corrected chi connectivity index (χ3v) is 3.00. The lowest BCUT2D eigenvalue weighted by Crippen LogP contribution is -2.21. The molecular weight excluding hydrogens is 276 g/mol. The van der Waals surface area contributed by atoms with Gasteiger partial charge < -0.3 is 15.0 Å². The fraction of sp³-hybridized carbons (Fsp3) is 0.385. The van der Waals surface area contributed by atoms with Crippen molar-refractivity contribution in [3.8, 4) is 5.75 Å². The van der Waals surface area contributed by atoms with Crippen molar-refractivity contribution in [3.05, 3.63) is 35.4 Å². The summed E-state index contributed by atoms with van der Waals surface area (Å²) in [6.45, 7) is 2.06. The monoisotopic (exact) mass is 290 g/mol. The second-order valence-electron chi connectivity index (χ2n) is 4.46. The molecule has 1 aromatic rings. The van der Waals surface area contributed by atoms with E-state index in [1.54, 1.807) is 25.1 Å². The zero-order valence-corrected chi connectivity index (χ0v) is 11.0. The van der Waals surface area contributed by atoms with Crippen LogP contribution in [0.4, 0.5) is 23.2 Å². The largest absolute Gasteiger partial charge is 0.573 e. The van der Waals surface area contributed by atoms with Crippen LogP contribution in [-0.2, 0) is 0 Å². The molecule has 1 aliphatic heterocycles. The first-order valence-corrected chi connectivity index (χ1v) is 6.01. The minimum atomic E-state index is -4.86. The molecule has 110 valence electrons. The highest BCUT2D eigenvalue weighted by atomic mass is 19.4. The zero-order chi connectivity index (χ0) is 14.9. The van der Waals surface area contributed by atoms with Crippen molar-refractivity contribution in [2.75, 3.05) is 18.5 Å². The summed E-state index contributed by atoms with van der Waals surface area (Å²) in [7, 11) is 1.74. The molecule has 0 saturated carbocycles. The summed E-state index contributed by atoms with van der Waals surface area (Å²) in [4.78, 5) is 1.63. The van der Waals surface area contributed by atoms with Crippen molar-refractivity contribution in [1.29, 1.82) is 0 Å². The molecule has 0 fully saturated rings. The van der Waals surface area contributed by atoms with Gasteiger partial charge in [0.1, 0.15) is 5.82 Å². The fourth-order valence-corrected chi connectivity index (χ4v) is 2.20. The Morgan fingerprint density at radius 1 is 1.30 bits per heavy atom. The molecule has 0 aliphatic carbocycles. The number of halogens is 4. The van der Waals surface area contributed by atoms with Crippen LogP contribution in [0.15, 0.2) is 24.0 Å². The lowest BCUT2D eigenvalue weighted by Gasteiger charge is -2.22. The Morgan fingerprint density at radius 2 is 2.00 bits per heavy atom. The highest BCUT2D eigenvalue weighted by molar-refractivity contribution is 5.66. The summed E-state index contributed by atoms with van der Waals surface area (Å²) >= 11 is 0. The van der Waals surface area contributed by atoms with E-state index in [1.807, 2.05) is 0 Å².